The fourth-order valence-corrected chi connectivity index (χ4v) is 3.13. The minimum atomic E-state index is -0.200. The van der Waals surface area contributed by atoms with E-state index in [1.165, 1.54) is 6.20 Å². The first-order valence-electron chi connectivity index (χ1n) is 11.3. The Morgan fingerprint density at radius 2 is 1.94 bits per heavy atom. The van der Waals surface area contributed by atoms with Gasteiger partial charge in [-0.2, -0.15) is 10.2 Å². The van der Waals surface area contributed by atoms with Gasteiger partial charge < -0.3 is 9.80 Å². The number of unbranched alkanes of at least 4 members (excludes halogenated alkanes) is 1. The average molecular weight is 450 g/mol. The third-order valence-electron chi connectivity index (χ3n) is 4.91. The summed E-state index contributed by atoms with van der Waals surface area (Å²) in [4.78, 5) is 25.2. The Balaban J connectivity index is 2.12. The van der Waals surface area contributed by atoms with Crippen LogP contribution in [0, 0.1) is 17.2 Å². The predicted octanol–water partition coefficient (Wildman–Crippen LogP) is 4.32. The largest absolute Gasteiger partial charge is 0.378 e. The number of hydrazine groups is 1. The maximum absolute atomic E-state index is 13.2. The number of urea groups is 1. The number of anilines is 2. The lowest BCUT2D eigenvalue weighted by molar-refractivity contribution is 0.201. The molecule has 1 heterocycles. The molecule has 0 spiro atoms. The van der Waals surface area contributed by atoms with Gasteiger partial charge in [0.15, 0.2) is 5.82 Å². The number of hydrogen-bond acceptors (Lipinski definition) is 6. The second-order valence-corrected chi connectivity index (χ2v) is 8.46. The zero-order valence-electron chi connectivity index (χ0n) is 20.3. The highest BCUT2D eigenvalue weighted by Gasteiger charge is 2.18. The third kappa shape index (κ3) is 8.45. The number of carbonyl (C=O) groups is 1. The van der Waals surface area contributed by atoms with Crippen molar-refractivity contribution in [3.63, 3.8) is 0 Å². The Kier molecular flexibility index (Phi) is 10.2. The van der Waals surface area contributed by atoms with Crippen LogP contribution < -0.4 is 15.3 Å². The summed E-state index contributed by atoms with van der Waals surface area (Å²) in [5.74, 6) is 0.844. The second-order valence-electron chi connectivity index (χ2n) is 8.46. The van der Waals surface area contributed by atoms with Crippen molar-refractivity contribution in [3.8, 4) is 6.07 Å². The van der Waals surface area contributed by atoms with Crippen LogP contribution in [-0.2, 0) is 0 Å². The molecule has 0 radical (unpaired) electrons. The summed E-state index contributed by atoms with van der Waals surface area (Å²) in [5, 5.41) is 10.8. The lowest BCUT2D eigenvalue weighted by atomic mass is 10.2. The van der Waals surface area contributed by atoms with Crippen LogP contribution in [0.25, 0.3) is 6.08 Å². The van der Waals surface area contributed by atoms with Crippen molar-refractivity contribution in [1.82, 2.24) is 20.3 Å². The van der Waals surface area contributed by atoms with E-state index in [0.29, 0.717) is 25.5 Å². The molecule has 8 heteroatoms. The van der Waals surface area contributed by atoms with Gasteiger partial charge in [0.2, 0.25) is 5.82 Å². The smallest absolute Gasteiger partial charge is 0.336 e. The molecule has 1 N–H and O–H groups in total. The van der Waals surface area contributed by atoms with Crippen LogP contribution in [-0.4, -0.2) is 54.6 Å². The van der Waals surface area contributed by atoms with E-state index in [4.69, 9.17) is 5.26 Å². The first-order chi connectivity index (χ1) is 15.8. The van der Waals surface area contributed by atoms with Gasteiger partial charge in [-0.1, -0.05) is 51.5 Å². The summed E-state index contributed by atoms with van der Waals surface area (Å²) in [5.41, 5.74) is 5.20. The van der Waals surface area contributed by atoms with Gasteiger partial charge in [0.1, 0.15) is 6.07 Å². The molecule has 2 amide bonds. The van der Waals surface area contributed by atoms with Gasteiger partial charge >= 0.3 is 6.03 Å². The van der Waals surface area contributed by atoms with Crippen molar-refractivity contribution in [2.24, 2.45) is 5.92 Å². The molecule has 2 aromatic rings. The zero-order valence-corrected chi connectivity index (χ0v) is 20.3. The normalized spacial score (nSPS) is 10.8. The first-order valence-corrected chi connectivity index (χ1v) is 11.3. The molecule has 1 aromatic carbocycles. The lowest BCUT2D eigenvalue weighted by Crippen LogP contribution is -2.51. The van der Waals surface area contributed by atoms with E-state index in [1.54, 1.807) is 16.0 Å². The second kappa shape index (κ2) is 13.1. The van der Waals surface area contributed by atoms with Crippen LogP contribution in [0.1, 0.15) is 45.0 Å². The summed E-state index contributed by atoms with van der Waals surface area (Å²) >= 11 is 0. The molecule has 0 saturated heterocycles. The number of nitriles is 1. The maximum atomic E-state index is 13.2. The molecule has 8 nitrogen and oxygen atoms in total. The molecular formula is C25H35N7O. The van der Waals surface area contributed by atoms with E-state index in [1.807, 2.05) is 32.3 Å². The molecule has 0 atom stereocenters. The Morgan fingerprint density at radius 1 is 1.21 bits per heavy atom. The van der Waals surface area contributed by atoms with Crippen LogP contribution in [0.2, 0.25) is 0 Å². The lowest BCUT2D eigenvalue weighted by Gasteiger charge is -2.30. The standard InChI is InChI=1S/C25H35N7O/c1-6-7-16-31(17-8-9-21-10-12-22(13-11-21)30(4)5)25(33)29-32(19-20(2)3)24-14-15-27-23(18-26)28-24/h8-15,20H,6-7,16-17,19H2,1-5H3,(H,29,33)/b9-8+. The molecule has 33 heavy (non-hydrogen) atoms. The van der Waals surface area contributed by atoms with Crippen molar-refractivity contribution >= 4 is 23.6 Å². The van der Waals surface area contributed by atoms with Crippen molar-refractivity contribution in [2.45, 2.75) is 33.6 Å². The number of nitrogens with zero attached hydrogens (tertiary/aromatic N) is 6. The summed E-state index contributed by atoms with van der Waals surface area (Å²) in [6.45, 7) is 7.92. The van der Waals surface area contributed by atoms with Gasteiger partial charge in [0.05, 0.1) is 0 Å². The summed E-state index contributed by atoms with van der Waals surface area (Å²) < 4.78 is 0. The van der Waals surface area contributed by atoms with Crippen LogP contribution in [0.15, 0.2) is 42.6 Å². The first kappa shape index (κ1) is 25.7. The van der Waals surface area contributed by atoms with Crippen LogP contribution >= 0.6 is 0 Å². The van der Waals surface area contributed by atoms with Crippen LogP contribution in [0.5, 0.6) is 0 Å². The number of amides is 2. The fraction of sp³-hybridized carbons (Fsp3) is 0.440. The highest BCUT2D eigenvalue weighted by Crippen LogP contribution is 2.14. The number of nitrogens with one attached hydrogen (secondary N) is 1. The minimum Gasteiger partial charge on any atom is -0.378 e. The predicted molar refractivity (Wildman–Crippen MR) is 134 cm³/mol. The molecule has 0 bridgehead atoms. The van der Waals surface area contributed by atoms with Crippen molar-refractivity contribution in [2.75, 3.05) is 43.6 Å². The molecule has 0 aliphatic carbocycles. The maximum Gasteiger partial charge on any atom is 0.336 e. The zero-order chi connectivity index (χ0) is 24.2. The molecule has 0 aliphatic rings. The molecule has 0 fully saturated rings. The molecule has 0 unspecified atom stereocenters. The minimum absolute atomic E-state index is 0.0709. The van der Waals surface area contributed by atoms with E-state index in [2.05, 4.69) is 65.3 Å². The highest BCUT2D eigenvalue weighted by atomic mass is 16.2. The molecule has 0 saturated carbocycles. The summed E-state index contributed by atoms with van der Waals surface area (Å²) in [7, 11) is 4.03. The van der Waals surface area contributed by atoms with Gasteiger partial charge in [-0.25, -0.2) is 15.2 Å². The van der Waals surface area contributed by atoms with Gasteiger partial charge in [0, 0.05) is 51.7 Å². The molecule has 0 aliphatic heterocycles. The third-order valence-corrected chi connectivity index (χ3v) is 4.91. The monoisotopic (exact) mass is 449 g/mol. The van der Waals surface area contributed by atoms with Crippen molar-refractivity contribution in [3.05, 3.63) is 54.0 Å². The van der Waals surface area contributed by atoms with Crippen molar-refractivity contribution < 1.29 is 4.79 Å². The molecule has 1 aromatic heterocycles. The Labute approximate surface area is 197 Å². The Morgan fingerprint density at radius 3 is 2.55 bits per heavy atom. The van der Waals surface area contributed by atoms with Crippen LogP contribution in [0.3, 0.4) is 0 Å². The van der Waals surface area contributed by atoms with E-state index in [9.17, 15) is 4.79 Å². The van der Waals surface area contributed by atoms with E-state index in [-0.39, 0.29) is 17.8 Å². The molecule has 2 rings (SSSR count). The molecule has 176 valence electrons. The average Bonchev–Trinajstić information content (AvgIpc) is 2.80. The van der Waals surface area contributed by atoms with E-state index >= 15 is 0 Å². The number of hydrogen-bond donors (Lipinski definition) is 1. The summed E-state index contributed by atoms with van der Waals surface area (Å²) in [6.07, 6.45) is 7.47. The van der Waals surface area contributed by atoms with E-state index < -0.39 is 0 Å². The topological polar surface area (TPSA) is 88.4 Å². The van der Waals surface area contributed by atoms with Gasteiger partial charge in [0.25, 0.3) is 0 Å². The quantitative estimate of drug-likeness (QED) is 0.514. The molecular weight excluding hydrogens is 414 g/mol. The number of benzene rings is 1. The fourth-order valence-electron chi connectivity index (χ4n) is 3.13. The van der Waals surface area contributed by atoms with Crippen molar-refractivity contribution in [1.29, 1.82) is 5.26 Å². The van der Waals surface area contributed by atoms with Gasteiger partial charge in [-0.15, -0.1) is 0 Å². The SMILES string of the molecule is CCCCN(C/C=C/c1ccc(N(C)C)cc1)C(=O)NN(CC(C)C)c1ccnc(C#N)n1. The Hall–Kier alpha value is -3.60. The number of carbonyl (C=O) groups excluding carboxylic acids is 1. The number of rotatable bonds is 11. The van der Waals surface area contributed by atoms with Crippen LogP contribution in [0.4, 0.5) is 16.3 Å². The Bertz CT molecular complexity index is 948. The van der Waals surface area contributed by atoms with Gasteiger partial charge in [-0.3, -0.25) is 5.01 Å². The summed E-state index contributed by atoms with van der Waals surface area (Å²) in [6, 6.07) is 11.7. The number of aromatic nitrogens is 2. The highest BCUT2D eigenvalue weighted by molar-refractivity contribution is 5.76. The van der Waals surface area contributed by atoms with E-state index in [0.717, 1.165) is 24.1 Å². The van der Waals surface area contributed by atoms with Gasteiger partial charge in [-0.05, 0) is 30.0 Å².